The van der Waals surface area contributed by atoms with Crippen LogP contribution in [0, 0.1) is 5.92 Å². The quantitative estimate of drug-likeness (QED) is 0.647. The van der Waals surface area contributed by atoms with Crippen molar-refractivity contribution >= 4 is 22.9 Å². The molecule has 3 rings (SSSR count). The van der Waals surface area contributed by atoms with Crippen LogP contribution in [0.1, 0.15) is 13.8 Å². The molecule has 0 N–H and O–H groups in total. The van der Waals surface area contributed by atoms with Gasteiger partial charge in [-0.1, -0.05) is 37.7 Å². The van der Waals surface area contributed by atoms with Gasteiger partial charge in [0.2, 0.25) is 5.16 Å². The number of nitrogens with zero attached hydrogens (tertiary/aromatic N) is 5. The van der Waals surface area contributed by atoms with Crippen molar-refractivity contribution in [2.24, 2.45) is 5.92 Å². The fourth-order valence-corrected chi connectivity index (χ4v) is 3.02. The van der Waals surface area contributed by atoms with E-state index >= 15 is 0 Å². The van der Waals surface area contributed by atoms with Crippen LogP contribution in [-0.4, -0.2) is 30.5 Å². The molecule has 116 valence electrons. The summed E-state index contributed by atoms with van der Waals surface area (Å²) in [5, 5.41) is 12.5. The van der Waals surface area contributed by atoms with Crippen LogP contribution in [-0.2, 0) is 13.1 Å². The normalized spacial score (nSPS) is 11.6. The van der Waals surface area contributed by atoms with E-state index in [2.05, 4.69) is 29.4 Å². The SMILES string of the molecule is CC(C)Cn1nnnc1SCCn1c(=O)oc2ccccc21. The second kappa shape index (κ2) is 6.35. The van der Waals surface area contributed by atoms with Gasteiger partial charge in [0, 0.05) is 18.8 Å². The Morgan fingerprint density at radius 2 is 2.14 bits per heavy atom. The minimum atomic E-state index is -0.330. The Balaban J connectivity index is 1.69. The summed E-state index contributed by atoms with van der Waals surface area (Å²) < 4.78 is 8.65. The highest BCUT2D eigenvalue weighted by atomic mass is 32.2. The summed E-state index contributed by atoms with van der Waals surface area (Å²) in [6.45, 7) is 5.57. The number of hydrogen-bond acceptors (Lipinski definition) is 6. The fraction of sp³-hybridized carbons (Fsp3) is 0.429. The molecular formula is C14H17N5O2S. The number of oxazole rings is 1. The summed E-state index contributed by atoms with van der Waals surface area (Å²) in [5.74, 6) is 0.842. The average Bonchev–Trinajstić information content (AvgIpc) is 3.03. The molecule has 1 aromatic carbocycles. The maximum atomic E-state index is 11.9. The first-order chi connectivity index (χ1) is 10.6. The van der Waals surface area contributed by atoms with Gasteiger partial charge in [-0.2, -0.15) is 0 Å². The standard InChI is InChI=1S/C14H17N5O2S/c1-10(2)9-19-13(15-16-17-19)22-8-7-18-11-5-3-4-6-12(11)21-14(18)20/h3-6,10H,7-9H2,1-2H3. The van der Waals surface area contributed by atoms with E-state index in [0.717, 1.165) is 17.2 Å². The second-order valence-electron chi connectivity index (χ2n) is 5.37. The number of thioether (sulfide) groups is 1. The van der Waals surface area contributed by atoms with E-state index in [4.69, 9.17) is 4.42 Å². The number of benzene rings is 1. The topological polar surface area (TPSA) is 78.7 Å². The molecule has 0 radical (unpaired) electrons. The number of rotatable bonds is 6. The lowest BCUT2D eigenvalue weighted by molar-refractivity contribution is 0.445. The van der Waals surface area contributed by atoms with Crippen LogP contribution in [0.2, 0.25) is 0 Å². The first-order valence-electron chi connectivity index (χ1n) is 7.12. The Morgan fingerprint density at radius 3 is 2.95 bits per heavy atom. The van der Waals surface area contributed by atoms with Crippen molar-refractivity contribution in [3.63, 3.8) is 0 Å². The van der Waals surface area contributed by atoms with Crippen LogP contribution in [0.15, 0.2) is 38.6 Å². The highest BCUT2D eigenvalue weighted by Gasteiger charge is 2.11. The van der Waals surface area contributed by atoms with Crippen LogP contribution in [0.25, 0.3) is 11.1 Å². The van der Waals surface area contributed by atoms with Crippen molar-refractivity contribution in [1.29, 1.82) is 0 Å². The molecular weight excluding hydrogens is 302 g/mol. The predicted octanol–water partition coefficient (Wildman–Crippen LogP) is 2.03. The molecule has 0 unspecified atom stereocenters. The van der Waals surface area contributed by atoms with Gasteiger partial charge in [-0.15, -0.1) is 5.10 Å². The first-order valence-corrected chi connectivity index (χ1v) is 8.11. The molecule has 0 spiro atoms. The van der Waals surface area contributed by atoms with Gasteiger partial charge in [-0.25, -0.2) is 9.48 Å². The van der Waals surface area contributed by atoms with E-state index in [9.17, 15) is 4.79 Å². The van der Waals surface area contributed by atoms with Crippen LogP contribution >= 0.6 is 11.8 Å². The summed E-state index contributed by atoms with van der Waals surface area (Å²) in [7, 11) is 0. The summed E-state index contributed by atoms with van der Waals surface area (Å²) in [5.41, 5.74) is 1.43. The van der Waals surface area contributed by atoms with E-state index in [1.807, 2.05) is 18.2 Å². The summed E-state index contributed by atoms with van der Waals surface area (Å²) in [6, 6.07) is 7.42. The Morgan fingerprint density at radius 1 is 1.32 bits per heavy atom. The first kappa shape index (κ1) is 14.8. The summed E-state index contributed by atoms with van der Waals surface area (Å²) in [4.78, 5) is 11.9. The highest BCUT2D eigenvalue weighted by molar-refractivity contribution is 7.99. The van der Waals surface area contributed by atoms with Crippen molar-refractivity contribution < 1.29 is 4.42 Å². The predicted molar refractivity (Wildman–Crippen MR) is 83.9 cm³/mol. The van der Waals surface area contributed by atoms with Crippen LogP contribution < -0.4 is 5.76 Å². The largest absolute Gasteiger partial charge is 0.419 e. The molecule has 2 heterocycles. The zero-order valence-electron chi connectivity index (χ0n) is 12.5. The van der Waals surface area contributed by atoms with Gasteiger partial charge < -0.3 is 4.42 Å². The minimum Gasteiger partial charge on any atom is -0.408 e. The van der Waals surface area contributed by atoms with Crippen LogP contribution in [0.4, 0.5) is 0 Å². The molecule has 0 saturated carbocycles. The van der Waals surface area contributed by atoms with Crippen molar-refractivity contribution in [3.05, 3.63) is 34.8 Å². The van der Waals surface area contributed by atoms with Gasteiger partial charge in [-0.3, -0.25) is 4.57 Å². The monoisotopic (exact) mass is 319 g/mol. The molecule has 7 nitrogen and oxygen atoms in total. The summed E-state index contributed by atoms with van der Waals surface area (Å²) >= 11 is 1.54. The van der Waals surface area contributed by atoms with E-state index < -0.39 is 0 Å². The Bertz CT molecular complexity index is 820. The van der Waals surface area contributed by atoms with E-state index in [1.54, 1.807) is 15.3 Å². The number of hydrogen-bond donors (Lipinski definition) is 0. The third kappa shape index (κ3) is 3.06. The van der Waals surface area contributed by atoms with Crippen molar-refractivity contribution in [2.45, 2.75) is 32.1 Å². The Kier molecular flexibility index (Phi) is 4.28. The Hall–Kier alpha value is -2.09. The van der Waals surface area contributed by atoms with Crippen LogP contribution in [0.5, 0.6) is 0 Å². The molecule has 3 aromatic rings. The molecule has 0 aliphatic heterocycles. The third-order valence-electron chi connectivity index (χ3n) is 3.16. The van der Waals surface area contributed by atoms with E-state index in [1.165, 1.54) is 11.8 Å². The highest BCUT2D eigenvalue weighted by Crippen LogP contribution is 2.17. The van der Waals surface area contributed by atoms with Gasteiger partial charge in [-0.05, 0) is 28.5 Å². The maximum absolute atomic E-state index is 11.9. The molecule has 2 aromatic heterocycles. The van der Waals surface area contributed by atoms with E-state index in [0.29, 0.717) is 23.8 Å². The van der Waals surface area contributed by atoms with E-state index in [-0.39, 0.29) is 5.76 Å². The third-order valence-corrected chi connectivity index (χ3v) is 4.09. The Labute approximate surface area is 131 Å². The van der Waals surface area contributed by atoms with Gasteiger partial charge in [0.05, 0.1) is 5.52 Å². The van der Waals surface area contributed by atoms with Crippen molar-refractivity contribution in [2.75, 3.05) is 5.75 Å². The average molecular weight is 319 g/mol. The maximum Gasteiger partial charge on any atom is 0.419 e. The lowest BCUT2D eigenvalue weighted by atomic mass is 10.2. The zero-order chi connectivity index (χ0) is 15.5. The van der Waals surface area contributed by atoms with Gasteiger partial charge in [0.1, 0.15) is 0 Å². The molecule has 0 aliphatic carbocycles. The van der Waals surface area contributed by atoms with Crippen molar-refractivity contribution in [3.8, 4) is 0 Å². The molecule has 0 fully saturated rings. The number of aryl methyl sites for hydroxylation is 1. The number of tetrazole rings is 1. The molecule has 0 aliphatic rings. The number of aromatic nitrogens is 5. The number of para-hydroxylation sites is 2. The molecule has 22 heavy (non-hydrogen) atoms. The second-order valence-corrected chi connectivity index (χ2v) is 6.44. The van der Waals surface area contributed by atoms with Gasteiger partial charge in [0.15, 0.2) is 5.58 Å². The van der Waals surface area contributed by atoms with Gasteiger partial charge >= 0.3 is 5.76 Å². The van der Waals surface area contributed by atoms with Crippen molar-refractivity contribution in [1.82, 2.24) is 24.8 Å². The minimum absolute atomic E-state index is 0.330. The number of fused-ring (bicyclic) bond motifs is 1. The molecule has 0 amide bonds. The molecule has 0 bridgehead atoms. The van der Waals surface area contributed by atoms with Crippen LogP contribution in [0.3, 0.4) is 0 Å². The smallest absolute Gasteiger partial charge is 0.408 e. The lowest BCUT2D eigenvalue weighted by Crippen LogP contribution is -2.15. The lowest BCUT2D eigenvalue weighted by Gasteiger charge is -2.06. The zero-order valence-corrected chi connectivity index (χ0v) is 13.3. The molecule has 0 atom stereocenters. The molecule has 0 saturated heterocycles. The van der Waals surface area contributed by atoms with Gasteiger partial charge in [0.25, 0.3) is 0 Å². The fourth-order valence-electron chi connectivity index (χ4n) is 2.21. The molecule has 8 heteroatoms. The summed E-state index contributed by atoms with van der Waals surface area (Å²) in [6.07, 6.45) is 0.